The number of rotatable bonds is 6. The minimum absolute atomic E-state index is 0.221. The van der Waals surface area contributed by atoms with Gasteiger partial charge in [0.15, 0.2) is 0 Å². The standard InChI is InChI=1S/C23H22N4O3S/c1-16(2)18-4-3-5-21(12-18)31(29,30)20-8-6-17(7-9-20)13-25-22(28)19-14-26-23-24-10-11-27(23)15-19/h3-12,14-16H,13H2,1-2H3,(H,25,28). The highest BCUT2D eigenvalue weighted by Gasteiger charge is 2.18. The van der Waals surface area contributed by atoms with Gasteiger partial charge < -0.3 is 5.32 Å². The second-order valence-electron chi connectivity index (χ2n) is 7.53. The molecule has 0 aliphatic rings. The Morgan fingerprint density at radius 2 is 1.84 bits per heavy atom. The van der Waals surface area contributed by atoms with Crippen molar-refractivity contribution in [3.05, 3.63) is 90.0 Å². The van der Waals surface area contributed by atoms with Crippen LogP contribution in [0.1, 0.15) is 41.3 Å². The SMILES string of the molecule is CC(C)c1cccc(S(=O)(=O)c2ccc(CNC(=O)c3cnc4nccn4c3)cc2)c1. The third-order valence-corrected chi connectivity index (χ3v) is 6.80. The van der Waals surface area contributed by atoms with Gasteiger partial charge in [-0.3, -0.25) is 9.20 Å². The van der Waals surface area contributed by atoms with Gasteiger partial charge in [0, 0.05) is 31.3 Å². The van der Waals surface area contributed by atoms with Crippen molar-refractivity contribution in [2.45, 2.75) is 36.1 Å². The van der Waals surface area contributed by atoms with E-state index >= 15 is 0 Å². The normalized spacial score (nSPS) is 11.7. The minimum atomic E-state index is -3.61. The van der Waals surface area contributed by atoms with Crippen LogP contribution in [0.2, 0.25) is 0 Å². The summed E-state index contributed by atoms with van der Waals surface area (Å²) in [5.74, 6) is 0.489. The number of aromatic nitrogens is 3. The average molecular weight is 435 g/mol. The van der Waals surface area contributed by atoms with Crippen LogP contribution in [0.4, 0.5) is 0 Å². The molecule has 0 fully saturated rings. The zero-order chi connectivity index (χ0) is 22.0. The van der Waals surface area contributed by atoms with Crippen molar-refractivity contribution in [1.29, 1.82) is 0 Å². The minimum Gasteiger partial charge on any atom is -0.348 e. The molecule has 1 amide bonds. The molecule has 31 heavy (non-hydrogen) atoms. The zero-order valence-electron chi connectivity index (χ0n) is 17.2. The van der Waals surface area contributed by atoms with Gasteiger partial charge in [-0.25, -0.2) is 18.4 Å². The van der Waals surface area contributed by atoms with E-state index in [2.05, 4.69) is 15.3 Å². The van der Waals surface area contributed by atoms with Crippen LogP contribution < -0.4 is 5.32 Å². The summed E-state index contributed by atoms with van der Waals surface area (Å²) in [7, 11) is -3.61. The van der Waals surface area contributed by atoms with Crippen LogP contribution in [0.25, 0.3) is 5.78 Å². The topological polar surface area (TPSA) is 93.4 Å². The van der Waals surface area contributed by atoms with Gasteiger partial charge in [0.25, 0.3) is 5.91 Å². The van der Waals surface area contributed by atoms with Crippen molar-refractivity contribution in [2.24, 2.45) is 0 Å². The molecule has 4 rings (SSSR count). The Morgan fingerprint density at radius 3 is 2.58 bits per heavy atom. The molecule has 0 atom stereocenters. The molecule has 4 aromatic rings. The second kappa shape index (κ2) is 8.31. The molecule has 2 aromatic heterocycles. The van der Waals surface area contributed by atoms with Crippen LogP contribution >= 0.6 is 0 Å². The number of carbonyl (C=O) groups excluding carboxylic acids is 1. The first-order valence-corrected chi connectivity index (χ1v) is 11.3. The van der Waals surface area contributed by atoms with Crippen LogP contribution in [0.3, 0.4) is 0 Å². The van der Waals surface area contributed by atoms with E-state index in [0.29, 0.717) is 11.3 Å². The van der Waals surface area contributed by atoms with Crippen LogP contribution in [0, 0.1) is 0 Å². The lowest BCUT2D eigenvalue weighted by atomic mass is 10.0. The zero-order valence-corrected chi connectivity index (χ0v) is 18.0. The maximum absolute atomic E-state index is 13.0. The van der Waals surface area contributed by atoms with E-state index in [4.69, 9.17) is 0 Å². The van der Waals surface area contributed by atoms with E-state index in [1.54, 1.807) is 65.5 Å². The van der Waals surface area contributed by atoms with Crippen molar-refractivity contribution in [3.8, 4) is 0 Å². The van der Waals surface area contributed by atoms with Crippen molar-refractivity contribution in [2.75, 3.05) is 0 Å². The number of sulfone groups is 1. The first kappa shape index (κ1) is 20.7. The second-order valence-corrected chi connectivity index (χ2v) is 9.48. The molecule has 0 spiro atoms. The number of nitrogens with zero attached hydrogens (tertiary/aromatic N) is 3. The first-order chi connectivity index (χ1) is 14.8. The number of fused-ring (bicyclic) bond motifs is 1. The maximum atomic E-state index is 13.0. The van der Waals surface area contributed by atoms with Gasteiger partial charge in [-0.1, -0.05) is 38.1 Å². The molecular weight excluding hydrogens is 412 g/mol. The Labute approximate surface area is 180 Å². The van der Waals surface area contributed by atoms with Crippen molar-refractivity contribution < 1.29 is 13.2 Å². The molecule has 0 radical (unpaired) electrons. The fraction of sp³-hybridized carbons (Fsp3) is 0.174. The summed E-state index contributed by atoms with van der Waals surface area (Å²) < 4.78 is 27.6. The lowest BCUT2D eigenvalue weighted by Gasteiger charge is -2.10. The van der Waals surface area contributed by atoms with Gasteiger partial charge in [-0.05, 0) is 41.3 Å². The smallest absolute Gasteiger partial charge is 0.254 e. The van der Waals surface area contributed by atoms with E-state index in [9.17, 15) is 13.2 Å². The Morgan fingerprint density at radius 1 is 1.06 bits per heavy atom. The maximum Gasteiger partial charge on any atom is 0.254 e. The average Bonchev–Trinajstić information content (AvgIpc) is 3.25. The molecule has 0 saturated carbocycles. The fourth-order valence-electron chi connectivity index (χ4n) is 3.18. The Hall–Kier alpha value is -3.52. The van der Waals surface area contributed by atoms with E-state index in [1.807, 2.05) is 19.9 Å². The molecular formula is C23H22N4O3S. The highest BCUT2D eigenvalue weighted by atomic mass is 32.2. The van der Waals surface area contributed by atoms with E-state index in [1.165, 1.54) is 6.20 Å². The van der Waals surface area contributed by atoms with E-state index in [0.717, 1.165) is 11.1 Å². The molecule has 0 bridgehead atoms. The predicted octanol–water partition coefficient (Wildman–Crippen LogP) is 3.62. The molecule has 0 aliphatic carbocycles. The van der Waals surface area contributed by atoms with Gasteiger partial charge in [-0.2, -0.15) is 0 Å². The largest absolute Gasteiger partial charge is 0.348 e. The summed E-state index contributed by atoms with van der Waals surface area (Å²) in [6.45, 7) is 4.32. The quantitative estimate of drug-likeness (QED) is 0.500. The summed E-state index contributed by atoms with van der Waals surface area (Å²) in [6.07, 6.45) is 6.46. The van der Waals surface area contributed by atoms with Crippen LogP contribution in [0.15, 0.2) is 83.1 Å². The predicted molar refractivity (Wildman–Crippen MR) is 117 cm³/mol. The van der Waals surface area contributed by atoms with Crippen LogP contribution in [0.5, 0.6) is 0 Å². The third-order valence-electron chi connectivity index (χ3n) is 5.03. The van der Waals surface area contributed by atoms with E-state index in [-0.39, 0.29) is 28.2 Å². The van der Waals surface area contributed by atoms with Gasteiger partial charge in [-0.15, -0.1) is 0 Å². The Balaban J connectivity index is 1.46. The molecule has 158 valence electrons. The molecule has 0 aliphatic heterocycles. The highest BCUT2D eigenvalue weighted by Crippen LogP contribution is 2.24. The summed E-state index contributed by atoms with van der Waals surface area (Å²) >= 11 is 0. The van der Waals surface area contributed by atoms with Gasteiger partial charge >= 0.3 is 0 Å². The number of nitrogens with one attached hydrogen (secondary N) is 1. The third kappa shape index (κ3) is 4.34. The number of imidazole rings is 1. The van der Waals surface area contributed by atoms with E-state index < -0.39 is 9.84 Å². The summed E-state index contributed by atoms with van der Waals surface area (Å²) in [5.41, 5.74) is 2.18. The van der Waals surface area contributed by atoms with Gasteiger partial charge in [0.1, 0.15) is 0 Å². The first-order valence-electron chi connectivity index (χ1n) is 9.85. The Kier molecular flexibility index (Phi) is 5.56. The van der Waals surface area contributed by atoms with Crippen molar-refractivity contribution in [1.82, 2.24) is 19.7 Å². The molecule has 2 heterocycles. The monoisotopic (exact) mass is 434 g/mol. The van der Waals surface area contributed by atoms with Crippen LogP contribution in [-0.2, 0) is 16.4 Å². The molecule has 0 unspecified atom stereocenters. The summed E-state index contributed by atoms with van der Waals surface area (Å²) in [6, 6.07) is 13.6. The van der Waals surface area contributed by atoms with Crippen molar-refractivity contribution >= 4 is 21.5 Å². The number of hydrogen-bond donors (Lipinski definition) is 1. The number of amides is 1. The number of benzene rings is 2. The summed E-state index contributed by atoms with van der Waals surface area (Å²) in [5, 5.41) is 2.82. The van der Waals surface area contributed by atoms with Gasteiger partial charge in [0.05, 0.1) is 15.4 Å². The molecule has 2 aromatic carbocycles. The molecule has 1 N–H and O–H groups in total. The molecule has 8 heteroatoms. The number of hydrogen-bond acceptors (Lipinski definition) is 5. The number of carbonyl (C=O) groups is 1. The summed E-state index contributed by atoms with van der Waals surface area (Å²) in [4.78, 5) is 21.1. The highest BCUT2D eigenvalue weighted by molar-refractivity contribution is 7.91. The molecule has 7 nitrogen and oxygen atoms in total. The lowest BCUT2D eigenvalue weighted by molar-refractivity contribution is 0.0950. The Bertz CT molecular complexity index is 1340. The van der Waals surface area contributed by atoms with Gasteiger partial charge in [0.2, 0.25) is 15.6 Å². The van der Waals surface area contributed by atoms with Crippen molar-refractivity contribution in [3.63, 3.8) is 0 Å². The van der Waals surface area contributed by atoms with Crippen LogP contribution in [-0.4, -0.2) is 28.7 Å². The molecule has 0 saturated heterocycles. The fourth-order valence-corrected chi connectivity index (χ4v) is 4.50. The lowest BCUT2D eigenvalue weighted by Crippen LogP contribution is -2.23.